The fourth-order valence-corrected chi connectivity index (χ4v) is 0.357. The van der Waals surface area contributed by atoms with Gasteiger partial charge in [0.25, 0.3) is 0 Å². The van der Waals surface area contributed by atoms with E-state index in [0.717, 1.165) is 0 Å². The van der Waals surface area contributed by atoms with Crippen molar-refractivity contribution in [1.82, 2.24) is 9.97 Å². The van der Waals surface area contributed by atoms with Gasteiger partial charge in [-0.05, 0) is 4.92 Å². The first kappa shape index (κ1) is 7.90. The summed E-state index contributed by atoms with van der Waals surface area (Å²) in [6.07, 6.45) is 2.73. The first-order chi connectivity index (χ1) is 3.80. The number of halogens is 1. The van der Waals surface area contributed by atoms with Gasteiger partial charge in [0.1, 0.15) is 6.20 Å². The molecule has 1 N–H and O–H groups in total. The zero-order chi connectivity index (χ0) is 5.98. The van der Waals surface area contributed by atoms with Gasteiger partial charge in [0.05, 0.1) is 6.20 Å². The van der Waals surface area contributed by atoms with Crippen LogP contribution in [-0.4, -0.2) is 14.9 Å². The van der Waals surface area contributed by atoms with E-state index in [1.54, 1.807) is 0 Å². The number of nitrogens with one attached hydrogen (secondary N) is 1. The van der Waals surface area contributed by atoms with E-state index in [9.17, 15) is 10.1 Å². The Bertz CT molecular complexity index is 185. The highest BCUT2D eigenvalue weighted by molar-refractivity contribution is 5.85. The van der Waals surface area contributed by atoms with E-state index in [1.165, 1.54) is 12.4 Å². The van der Waals surface area contributed by atoms with Gasteiger partial charge in [-0.15, -0.1) is 12.4 Å². The molecule has 0 saturated heterocycles. The van der Waals surface area contributed by atoms with Gasteiger partial charge in [0.2, 0.25) is 0 Å². The maximum atomic E-state index is 9.77. The summed E-state index contributed by atoms with van der Waals surface area (Å²) in [7, 11) is 0. The van der Waals surface area contributed by atoms with Crippen molar-refractivity contribution in [3.8, 4) is 0 Å². The molecule has 0 spiro atoms. The lowest BCUT2D eigenvalue weighted by atomic mass is 11.0. The Morgan fingerprint density at radius 1 is 1.78 bits per heavy atom. The molecule has 0 bridgehead atoms. The highest BCUT2D eigenvalue weighted by Crippen LogP contribution is 1.96. The van der Waals surface area contributed by atoms with E-state index in [0.29, 0.717) is 0 Å². The molecule has 1 aromatic heterocycles. The zero-order valence-corrected chi connectivity index (χ0v) is 5.09. The Balaban J connectivity index is 0.000000640. The SMILES string of the molecule is Cl.O=[N+]([O-])c1ncc[nH]1. The Morgan fingerprint density at radius 3 is 2.67 bits per heavy atom. The molecule has 5 nitrogen and oxygen atoms in total. The van der Waals surface area contributed by atoms with Crippen LogP contribution in [0.2, 0.25) is 0 Å². The number of rotatable bonds is 1. The molecule has 0 aliphatic heterocycles. The van der Waals surface area contributed by atoms with Gasteiger partial charge in [-0.1, -0.05) is 4.98 Å². The monoisotopic (exact) mass is 149 g/mol. The van der Waals surface area contributed by atoms with Gasteiger partial charge in [-0.3, -0.25) is 0 Å². The van der Waals surface area contributed by atoms with Gasteiger partial charge in [0, 0.05) is 0 Å². The van der Waals surface area contributed by atoms with Crippen LogP contribution in [0.3, 0.4) is 0 Å². The maximum absolute atomic E-state index is 9.77. The summed E-state index contributed by atoms with van der Waals surface area (Å²) in [5.74, 6) is -0.218. The third-order valence-corrected chi connectivity index (χ3v) is 0.657. The molecule has 1 heterocycles. The van der Waals surface area contributed by atoms with E-state index in [2.05, 4.69) is 9.97 Å². The first-order valence-electron chi connectivity index (χ1n) is 1.94. The molecule has 0 atom stereocenters. The zero-order valence-electron chi connectivity index (χ0n) is 4.27. The standard InChI is InChI=1S/C3H3N3O2.ClH/c7-6(8)3-4-1-2-5-3;/h1-2H,(H,4,5);1H. The molecule has 0 fully saturated rings. The second-order valence-corrected chi connectivity index (χ2v) is 1.17. The minimum Gasteiger partial charge on any atom is -0.390 e. The topological polar surface area (TPSA) is 71.8 Å². The second-order valence-electron chi connectivity index (χ2n) is 1.17. The summed E-state index contributed by atoms with van der Waals surface area (Å²) in [6.45, 7) is 0. The highest BCUT2D eigenvalue weighted by Gasteiger charge is 2.01. The normalized spacial score (nSPS) is 8.00. The summed E-state index contributed by atoms with van der Waals surface area (Å²) in [4.78, 5) is 14.9. The van der Waals surface area contributed by atoms with Crippen LogP contribution in [0.25, 0.3) is 0 Å². The molecule has 0 aliphatic rings. The van der Waals surface area contributed by atoms with E-state index in [-0.39, 0.29) is 18.4 Å². The number of nitrogens with zero attached hydrogens (tertiary/aromatic N) is 2. The molecule has 1 rings (SSSR count). The molecule has 50 valence electrons. The highest BCUT2D eigenvalue weighted by atomic mass is 35.5. The largest absolute Gasteiger partial charge is 0.432 e. The molecule has 0 radical (unpaired) electrons. The Morgan fingerprint density at radius 2 is 2.44 bits per heavy atom. The van der Waals surface area contributed by atoms with Crippen molar-refractivity contribution < 1.29 is 4.92 Å². The average Bonchev–Trinajstić information content (AvgIpc) is 2.12. The van der Waals surface area contributed by atoms with Crippen molar-refractivity contribution >= 4 is 18.4 Å². The molecular weight excluding hydrogens is 146 g/mol. The first-order valence-corrected chi connectivity index (χ1v) is 1.94. The molecule has 0 aliphatic carbocycles. The van der Waals surface area contributed by atoms with Crippen molar-refractivity contribution in [3.05, 3.63) is 22.5 Å². The van der Waals surface area contributed by atoms with Gasteiger partial charge >= 0.3 is 5.95 Å². The van der Waals surface area contributed by atoms with Gasteiger partial charge < -0.3 is 10.1 Å². The number of nitro groups is 1. The number of H-pyrrole nitrogens is 1. The van der Waals surface area contributed by atoms with Crippen molar-refractivity contribution in [2.75, 3.05) is 0 Å². The summed E-state index contributed by atoms with van der Waals surface area (Å²) < 4.78 is 0. The average molecular weight is 150 g/mol. The molecule has 0 aromatic carbocycles. The summed E-state index contributed by atoms with van der Waals surface area (Å²) in [5, 5.41) is 9.77. The minimum absolute atomic E-state index is 0. The predicted molar refractivity (Wildman–Crippen MR) is 32.5 cm³/mol. The van der Waals surface area contributed by atoms with Crippen LogP contribution < -0.4 is 0 Å². The quantitative estimate of drug-likeness (QED) is 0.473. The Hall–Kier alpha value is -1.10. The molecule has 0 amide bonds. The van der Waals surface area contributed by atoms with E-state index in [1.807, 2.05) is 0 Å². The summed E-state index contributed by atoms with van der Waals surface area (Å²) >= 11 is 0. The number of hydrogen-bond acceptors (Lipinski definition) is 3. The fourth-order valence-electron chi connectivity index (χ4n) is 0.357. The third-order valence-electron chi connectivity index (χ3n) is 0.657. The second kappa shape index (κ2) is 3.03. The van der Waals surface area contributed by atoms with Crippen molar-refractivity contribution in [2.45, 2.75) is 0 Å². The van der Waals surface area contributed by atoms with Crippen LogP contribution in [0, 0.1) is 10.1 Å². The summed E-state index contributed by atoms with van der Waals surface area (Å²) in [5.41, 5.74) is 0. The minimum atomic E-state index is -0.583. The van der Waals surface area contributed by atoms with Crippen LogP contribution in [-0.2, 0) is 0 Å². The molecule has 6 heteroatoms. The predicted octanol–water partition coefficient (Wildman–Crippen LogP) is 0.740. The lowest BCUT2D eigenvalue weighted by Crippen LogP contribution is -1.88. The summed E-state index contributed by atoms with van der Waals surface area (Å²) in [6, 6.07) is 0. The molecule has 0 saturated carbocycles. The molecular formula is C3H4ClN3O2. The number of hydrogen-bond donors (Lipinski definition) is 1. The van der Waals surface area contributed by atoms with E-state index in [4.69, 9.17) is 0 Å². The number of imidazole rings is 1. The van der Waals surface area contributed by atoms with Crippen molar-refractivity contribution in [2.24, 2.45) is 0 Å². The molecule has 0 unspecified atom stereocenters. The Labute approximate surface area is 56.7 Å². The Kier molecular flexibility index (Phi) is 2.66. The van der Waals surface area contributed by atoms with Crippen LogP contribution in [0.5, 0.6) is 0 Å². The van der Waals surface area contributed by atoms with Crippen LogP contribution in [0.1, 0.15) is 0 Å². The van der Waals surface area contributed by atoms with Crippen molar-refractivity contribution in [3.63, 3.8) is 0 Å². The van der Waals surface area contributed by atoms with Gasteiger partial charge in [-0.25, -0.2) is 4.98 Å². The van der Waals surface area contributed by atoms with E-state index < -0.39 is 4.92 Å². The van der Waals surface area contributed by atoms with E-state index >= 15 is 0 Å². The van der Waals surface area contributed by atoms with Gasteiger partial charge in [-0.2, -0.15) is 0 Å². The fraction of sp³-hybridized carbons (Fsp3) is 0. The van der Waals surface area contributed by atoms with Crippen LogP contribution >= 0.6 is 12.4 Å². The smallest absolute Gasteiger partial charge is 0.390 e. The number of aromatic amines is 1. The van der Waals surface area contributed by atoms with Crippen LogP contribution in [0.15, 0.2) is 12.4 Å². The maximum Gasteiger partial charge on any atom is 0.432 e. The third kappa shape index (κ3) is 1.69. The molecule has 9 heavy (non-hydrogen) atoms. The molecule has 1 aromatic rings. The van der Waals surface area contributed by atoms with Gasteiger partial charge in [0.15, 0.2) is 0 Å². The lowest BCUT2D eigenvalue weighted by molar-refractivity contribution is -0.393. The van der Waals surface area contributed by atoms with Crippen molar-refractivity contribution in [1.29, 1.82) is 0 Å². The van der Waals surface area contributed by atoms with Crippen LogP contribution in [0.4, 0.5) is 5.95 Å². The lowest BCUT2D eigenvalue weighted by Gasteiger charge is -1.83. The number of aromatic nitrogens is 2.